The minimum atomic E-state index is -0.553. The van der Waals surface area contributed by atoms with Crippen LogP contribution in [-0.2, 0) is 4.74 Å². The minimum absolute atomic E-state index is 0.297. The number of methoxy groups -OCH3 is 1. The Balaban J connectivity index is 2.19. The Labute approximate surface area is 117 Å². The van der Waals surface area contributed by atoms with Crippen LogP contribution in [0.5, 0.6) is 0 Å². The van der Waals surface area contributed by atoms with Gasteiger partial charge in [-0.1, -0.05) is 17.7 Å². The molecule has 19 heavy (non-hydrogen) atoms. The summed E-state index contributed by atoms with van der Waals surface area (Å²) in [5, 5.41) is 14.4. The number of aryl methyl sites for hydroxylation is 1. The fraction of sp³-hybridized carbons (Fsp3) is 0.357. The molecule has 0 saturated heterocycles. The first kappa shape index (κ1) is 14.1. The van der Waals surface area contributed by atoms with Gasteiger partial charge < -0.3 is 15.2 Å². The summed E-state index contributed by atoms with van der Waals surface area (Å²) < 4.78 is 4.87. The number of aromatic nitrogens is 1. The second-order valence-electron chi connectivity index (χ2n) is 4.43. The second kappa shape index (κ2) is 6.19. The van der Waals surface area contributed by atoms with Gasteiger partial charge in [0.25, 0.3) is 0 Å². The van der Waals surface area contributed by atoms with Crippen molar-refractivity contribution < 1.29 is 9.84 Å². The van der Waals surface area contributed by atoms with Gasteiger partial charge in [0.05, 0.1) is 18.2 Å². The van der Waals surface area contributed by atoms with E-state index in [4.69, 9.17) is 16.3 Å². The molecule has 4 nitrogen and oxygen atoms in total. The summed E-state index contributed by atoms with van der Waals surface area (Å²) in [6.07, 6.45) is -0.553. The normalized spacial score (nSPS) is 12.6. The highest BCUT2D eigenvalue weighted by Crippen LogP contribution is 2.24. The Hall–Kier alpha value is -1.36. The highest BCUT2D eigenvalue weighted by molar-refractivity contribution is 6.32. The van der Waals surface area contributed by atoms with Gasteiger partial charge in [0, 0.05) is 24.1 Å². The maximum Gasteiger partial charge on any atom is 0.126 e. The summed E-state index contributed by atoms with van der Waals surface area (Å²) in [5.41, 5.74) is 1.83. The molecular weight excluding hydrogens is 264 g/mol. The standard InChI is InChI=1S/C14H17ClN2O2/c1-9-12(15)5-3-10-4-6-13(17-14(9)10)16-7-11(18)8-19-2/h3-6,11,18H,7-8H2,1-2H3,(H,16,17). The van der Waals surface area contributed by atoms with Gasteiger partial charge >= 0.3 is 0 Å². The molecule has 102 valence electrons. The van der Waals surface area contributed by atoms with Gasteiger partial charge in [-0.3, -0.25) is 0 Å². The first-order valence-corrected chi connectivity index (χ1v) is 6.46. The fourth-order valence-electron chi connectivity index (χ4n) is 1.88. The van der Waals surface area contributed by atoms with Crippen LogP contribution in [0.1, 0.15) is 5.56 Å². The van der Waals surface area contributed by atoms with Crippen molar-refractivity contribution in [2.24, 2.45) is 0 Å². The Bertz CT molecular complexity index is 575. The van der Waals surface area contributed by atoms with Crippen molar-refractivity contribution in [2.45, 2.75) is 13.0 Å². The molecule has 0 aliphatic heterocycles. The van der Waals surface area contributed by atoms with Crippen molar-refractivity contribution in [1.29, 1.82) is 0 Å². The van der Waals surface area contributed by atoms with E-state index in [0.29, 0.717) is 24.0 Å². The maximum atomic E-state index is 9.59. The fourth-order valence-corrected chi connectivity index (χ4v) is 2.03. The van der Waals surface area contributed by atoms with E-state index < -0.39 is 6.10 Å². The highest BCUT2D eigenvalue weighted by Gasteiger charge is 2.06. The van der Waals surface area contributed by atoms with Crippen molar-refractivity contribution in [3.63, 3.8) is 0 Å². The Morgan fingerprint density at radius 3 is 2.84 bits per heavy atom. The van der Waals surface area contributed by atoms with Crippen LogP contribution in [-0.4, -0.2) is 36.5 Å². The number of hydrogen-bond acceptors (Lipinski definition) is 4. The predicted molar refractivity (Wildman–Crippen MR) is 77.9 cm³/mol. The molecule has 0 aliphatic carbocycles. The Kier molecular flexibility index (Phi) is 4.58. The number of nitrogens with one attached hydrogen (secondary N) is 1. The van der Waals surface area contributed by atoms with Crippen LogP contribution >= 0.6 is 11.6 Å². The van der Waals surface area contributed by atoms with Gasteiger partial charge in [-0.15, -0.1) is 0 Å². The summed E-state index contributed by atoms with van der Waals surface area (Å²) in [5.74, 6) is 0.716. The van der Waals surface area contributed by atoms with Crippen LogP contribution in [0.25, 0.3) is 10.9 Å². The van der Waals surface area contributed by atoms with E-state index in [1.807, 2.05) is 31.2 Å². The molecule has 0 spiro atoms. The van der Waals surface area contributed by atoms with Crippen LogP contribution < -0.4 is 5.32 Å². The zero-order valence-electron chi connectivity index (χ0n) is 11.0. The number of nitrogens with zero attached hydrogens (tertiary/aromatic N) is 1. The second-order valence-corrected chi connectivity index (χ2v) is 4.84. The third-order valence-electron chi connectivity index (χ3n) is 2.93. The topological polar surface area (TPSA) is 54.4 Å². The smallest absolute Gasteiger partial charge is 0.126 e. The molecule has 1 atom stereocenters. The molecule has 2 N–H and O–H groups in total. The number of hydrogen-bond donors (Lipinski definition) is 2. The SMILES string of the molecule is COCC(O)CNc1ccc2ccc(Cl)c(C)c2n1. The van der Waals surface area contributed by atoms with Gasteiger partial charge in [0.2, 0.25) is 0 Å². The summed E-state index contributed by atoms with van der Waals surface area (Å²) in [6, 6.07) is 7.68. The van der Waals surface area contributed by atoms with Gasteiger partial charge in [0.1, 0.15) is 5.82 Å². The van der Waals surface area contributed by atoms with Crippen molar-refractivity contribution >= 4 is 28.3 Å². The number of rotatable bonds is 5. The first-order valence-electron chi connectivity index (χ1n) is 6.08. The molecule has 0 bridgehead atoms. The largest absolute Gasteiger partial charge is 0.389 e. The molecule has 2 rings (SSSR count). The quantitative estimate of drug-likeness (QED) is 0.884. The molecule has 1 aromatic heterocycles. The number of halogens is 1. The average Bonchev–Trinajstić information content (AvgIpc) is 2.41. The molecule has 1 unspecified atom stereocenters. The number of aliphatic hydroxyl groups is 1. The van der Waals surface area contributed by atoms with E-state index in [1.54, 1.807) is 7.11 Å². The molecular formula is C14H17ClN2O2. The average molecular weight is 281 g/mol. The molecule has 0 saturated carbocycles. The monoisotopic (exact) mass is 280 g/mol. The number of anilines is 1. The molecule has 1 heterocycles. The Morgan fingerprint density at radius 1 is 1.37 bits per heavy atom. The molecule has 0 aliphatic rings. The van der Waals surface area contributed by atoms with Crippen LogP contribution in [0.2, 0.25) is 5.02 Å². The van der Waals surface area contributed by atoms with Gasteiger partial charge in [0.15, 0.2) is 0 Å². The van der Waals surface area contributed by atoms with Crippen molar-refractivity contribution in [2.75, 3.05) is 25.6 Å². The summed E-state index contributed by atoms with van der Waals surface area (Å²) >= 11 is 6.09. The number of pyridine rings is 1. The predicted octanol–water partition coefficient (Wildman–Crippen LogP) is 2.62. The van der Waals surface area contributed by atoms with E-state index in [2.05, 4.69) is 10.3 Å². The third kappa shape index (κ3) is 3.35. The van der Waals surface area contributed by atoms with Gasteiger partial charge in [-0.25, -0.2) is 4.98 Å². The minimum Gasteiger partial charge on any atom is -0.389 e. The lowest BCUT2D eigenvalue weighted by atomic mass is 10.1. The summed E-state index contributed by atoms with van der Waals surface area (Å²) in [4.78, 5) is 4.52. The third-order valence-corrected chi connectivity index (χ3v) is 3.34. The van der Waals surface area contributed by atoms with E-state index in [9.17, 15) is 5.11 Å². The van der Waals surface area contributed by atoms with Crippen molar-refractivity contribution in [3.05, 3.63) is 34.9 Å². The lowest BCUT2D eigenvalue weighted by Crippen LogP contribution is -2.24. The molecule has 0 fully saturated rings. The number of fused-ring (bicyclic) bond motifs is 1. The van der Waals surface area contributed by atoms with E-state index in [0.717, 1.165) is 16.5 Å². The van der Waals surface area contributed by atoms with E-state index in [1.165, 1.54) is 0 Å². The number of ether oxygens (including phenoxy) is 1. The zero-order valence-corrected chi connectivity index (χ0v) is 11.7. The van der Waals surface area contributed by atoms with Crippen LogP contribution in [0.4, 0.5) is 5.82 Å². The van der Waals surface area contributed by atoms with Gasteiger partial charge in [-0.2, -0.15) is 0 Å². The molecule has 2 aromatic rings. The van der Waals surface area contributed by atoms with E-state index >= 15 is 0 Å². The molecule has 1 aromatic carbocycles. The zero-order chi connectivity index (χ0) is 13.8. The number of aliphatic hydroxyl groups excluding tert-OH is 1. The van der Waals surface area contributed by atoms with Crippen LogP contribution in [0, 0.1) is 6.92 Å². The lowest BCUT2D eigenvalue weighted by molar-refractivity contribution is 0.0727. The first-order chi connectivity index (χ1) is 9.11. The summed E-state index contributed by atoms with van der Waals surface area (Å²) in [6.45, 7) is 2.64. The Morgan fingerprint density at radius 2 is 2.11 bits per heavy atom. The van der Waals surface area contributed by atoms with Crippen LogP contribution in [0.3, 0.4) is 0 Å². The summed E-state index contributed by atoms with van der Waals surface area (Å²) in [7, 11) is 1.56. The molecule has 0 amide bonds. The van der Waals surface area contributed by atoms with Crippen molar-refractivity contribution in [3.8, 4) is 0 Å². The highest BCUT2D eigenvalue weighted by atomic mass is 35.5. The molecule has 0 radical (unpaired) electrons. The van der Waals surface area contributed by atoms with Gasteiger partial charge in [-0.05, 0) is 30.7 Å². The van der Waals surface area contributed by atoms with Crippen LogP contribution in [0.15, 0.2) is 24.3 Å². The van der Waals surface area contributed by atoms with E-state index in [-0.39, 0.29) is 0 Å². The lowest BCUT2D eigenvalue weighted by Gasteiger charge is -2.12. The maximum absolute atomic E-state index is 9.59. The molecule has 5 heteroatoms. The van der Waals surface area contributed by atoms with Crippen molar-refractivity contribution in [1.82, 2.24) is 4.98 Å². The number of benzene rings is 1.